The summed E-state index contributed by atoms with van der Waals surface area (Å²) in [7, 11) is 0. The average molecular weight is 300 g/mol. The van der Waals surface area contributed by atoms with E-state index in [0.717, 1.165) is 11.6 Å². The predicted octanol–water partition coefficient (Wildman–Crippen LogP) is 5.36. The lowest BCUT2D eigenvalue weighted by Gasteiger charge is -2.21. The SMILES string of the molecule is CC(C)C(C)Sc1ccc(CNC(C)(C)C)cc1Cl. The Labute approximate surface area is 127 Å². The van der Waals surface area contributed by atoms with Crippen molar-refractivity contribution in [3.63, 3.8) is 0 Å². The molecule has 0 saturated heterocycles. The van der Waals surface area contributed by atoms with Gasteiger partial charge in [0.25, 0.3) is 0 Å². The van der Waals surface area contributed by atoms with Crippen molar-refractivity contribution >= 4 is 23.4 Å². The van der Waals surface area contributed by atoms with Crippen molar-refractivity contribution < 1.29 is 0 Å². The molecule has 0 bridgehead atoms. The van der Waals surface area contributed by atoms with Crippen LogP contribution in [0.25, 0.3) is 0 Å². The molecule has 19 heavy (non-hydrogen) atoms. The zero-order chi connectivity index (χ0) is 14.6. The van der Waals surface area contributed by atoms with Crippen LogP contribution in [0.5, 0.6) is 0 Å². The summed E-state index contributed by atoms with van der Waals surface area (Å²) in [5.74, 6) is 0.656. The van der Waals surface area contributed by atoms with Crippen LogP contribution in [-0.2, 0) is 6.54 Å². The third kappa shape index (κ3) is 6.20. The molecule has 1 nitrogen and oxygen atoms in total. The van der Waals surface area contributed by atoms with Gasteiger partial charge < -0.3 is 5.32 Å². The van der Waals surface area contributed by atoms with E-state index in [2.05, 4.69) is 65.1 Å². The first-order valence-corrected chi connectivity index (χ1v) is 8.15. The minimum atomic E-state index is 0.131. The van der Waals surface area contributed by atoms with Crippen molar-refractivity contribution in [1.29, 1.82) is 0 Å². The van der Waals surface area contributed by atoms with E-state index in [4.69, 9.17) is 11.6 Å². The van der Waals surface area contributed by atoms with E-state index in [9.17, 15) is 0 Å². The quantitative estimate of drug-likeness (QED) is 0.734. The van der Waals surface area contributed by atoms with Crippen LogP contribution in [0, 0.1) is 5.92 Å². The zero-order valence-corrected chi connectivity index (χ0v) is 14.5. The minimum Gasteiger partial charge on any atom is -0.308 e. The van der Waals surface area contributed by atoms with Gasteiger partial charge in [-0.1, -0.05) is 38.4 Å². The molecule has 1 unspecified atom stereocenters. The van der Waals surface area contributed by atoms with Gasteiger partial charge in [-0.2, -0.15) is 0 Å². The molecule has 1 aromatic rings. The summed E-state index contributed by atoms with van der Waals surface area (Å²) in [4.78, 5) is 1.18. The second-order valence-corrected chi connectivity index (χ2v) is 8.26. The summed E-state index contributed by atoms with van der Waals surface area (Å²) in [6.07, 6.45) is 0. The number of rotatable bonds is 5. The number of benzene rings is 1. The fourth-order valence-corrected chi connectivity index (χ4v) is 2.78. The van der Waals surface area contributed by atoms with E-state index < -0.39 is 0 Å². The molecule has 0 aliphatic rings. The average Bonchev–Trinajstić information content (AvgIpc) is 2.28. The van der Waals surface area contributed by atoms with E-state index in [1.807, 2.05) is 11.8 Å². The Balaban J connectivity index is 2.69. The minimum absolute atomic E-state index is 0.131. The molecule has 1 N–H and O–H groups in total. The highest BCUT2D eigenvalue weighted by Gasteiger charge is 2.12. The summed E-state index contributed by atoms with van der Waals surface area (Å²) >= 11 is 8.24. The summed E-state index contributed by atoms with van der Waals surface area (Å²) in [6.45, 7) is 14.1. The van der Waals surface area contributed by atoms with Crippen LogP contribution in [0.1, 0.15) is 47.1 Å². The number of hydrogen-bond donors (Lipinski definition) is 1. The second-order valence-electron chi connectivity index (χ2n) is 6.44. The highest BCUT2D eigenvalue weighted by Crippen LogP contribution is 2.33. The van der Waals surface area contributed by atoms with Crippen LogP contribution >= 0.6 is 23.4 Å². The maximum atomic E-state index is 6.38. The van der Waals surface area contributed by atoms with Gasteiger partial charge in [0.05, 0.1) is 5.02 Å². The summed E-state index contributed by atoms with van der Waals surface area (Å²) < 4.78 is 0. The molecular weight excluding hydrogens is 274 g/mol. The number of hydrogen-bond acceptors (Lipinski definition) is 2. The molecule has 1 aromatic carbocycles. The lowest BCUT2D eigenvalue weighted by Crippen LogP contribution is -2.35. The van der Waals surface area contributed by atoms with E-state index in [1.54, 1.807) is 0 Å². The maximum Gasteiger partial charge on any atom is 0.0545 e. The van der Waals surface area contributed by atoms with E-state index in [1.165, 1.54) is 10.5 Å². The summed E-state index contributed by atoms with van der Waals surface area (Å²) in [6, 6.07) is 6.39. The Bertz CT molecular complexity index is 410. The van der Waals surface area contributed by atoms with Crippen LogP contribution in [0.15, 0.2) is 23.1 Å². The maximum absolute atomic E-state index is 6.38. The number of nitrogens with one attached hydrogen (secondary N) is 1. The Kier molecular flexibility index (Phi) is 6.22. The van der Waals surface area contributed by atoms with Gasteiger partial charge in [-0.25, -0.2) is 0 Å². The molecule has 0 spiro atoms. The summed E-state index contributed by atoms with van der Waals surface area (Å²) in [5, 5.41) is 4.92. The Morgan fingerprint density at radius 1 is 1.21 bits per heavy atom. The first kappa shape index (κ1) is 16.9. The van der Waals surface area contributed by atoms with E-state index in [0.29, 0.717) is 11.2 Å². The van der Waals surface area contributed by atoms with Crippen molar-refractivity contribution in [2.24, 2.45) is 5.92 Å². The smallest absolute Gasteiger partial charge is 0.0545 e. The normalized spacial score (nSPS) is 13.9. The molecule has 0 heterocycles. The van der Waals surface area contributed by atoms with Gasteiger partial charge in [-0.15, -0.1) is 11.8 Å². The molecule has 0 amide bonds. The van der Waals surface area contributed by atoms with Gasteiger partial charge in [-0.3, -0.25) is 0 Å². The lowest BCUT2D eigenvalue weighted by atomic mass is 10.1. The fraction of sp³-hybridized carbons (Fsp3) is 0.625. The second kappa shape index (κ2) is 7.01. The molecular formula is C16H26ClNS. The van der Waals surface area contributed by atoms with Crippen LogP contribution in [0.4, 0.5) is 0 Å². The summed E-state index contributed by atoms with van der Waals surface area (Å²) in [5.41, 5.74) is 1.37. The highest BCUT2D eigenvalue weighted by molar-refractivity contribution is 8.00. The Morgan fingerprint density at radius 2 is 1.84 bits per heavy atom. The molecule has 1 rings (SSSR count). The van der Waals surface area contributed by atoms with Gasteiger partial charge in [0.15, 0.2) is 0 Å². The third-order valence-electron chi connectivity index (χ3n) is 3.07. The van der Waals surface area contributed by atoms with E-state index in [-0.39, 0.29) is 5.54 Å². The Morgan fingerprint density at radius 3 is 2.32 bits per heavy atom. The van der Waals surface area contributed by atoms with Crippen LogP contribution in [0.3, 0.4) is 0 Å². The van der Waals surface area contributed by atoms with Gasteiger partial charge in [0.2, 0.25) is 0 Å². The highest BCUT2D eigenvalue weighted by atomic mass is 35.5. The molecule has 0 aliphatic carbocycles. The van der Waals surface area contributed by atoms with Gasteiger partial charge in [0, 0.05) is 22.2 Å². The lowest BCUT2D eigenvalue weighted by molar-refractivity contribution is 0.424. The number of thioether (sulfide) groups is 1. The molecule has 3 heteroatoms. The van der Waals surface area contributed by atoms with Crippen LogP contribution in [0.2, 0.25) is 5.02 Å². The van der Waals surface area contributed by atoms with Crippen molar-refractivity contribution in [2.45, 2.75) is 63.8 Å². The van der Waals surface area contributed by atoms with Crippen LogP contribution in [-0.4, -0.2) is 10.8 Å². The Hall–Kier alpha value is -0.180. The van der Waals surface area contributed by atoms with Gasteiger partial charge in [0.1, 0.15) is 0 Å². The van der Waals surface area contributed by atoms with Crippen molar-refractivity contribution in [3.05, 3.63) is 28.8 Å². The molecule has 0 radical (unpaired) electrons. The third-order valence-corrected chi connectivity index (χ3v) is 5.02. The number of halogens is 1. The first-order chi connectivity index (χ1) is 8.69. The largest absolute Gasteiger partial charge is 0.308 e. The van der Waals surface area contributed by atoms with Crippen molar-refractivity contribution in [1.82, 2.24) is 5.32 Å². The van der Waals surface area contributed by atoms with E-state index >= 15 is 0 Å². The van der Waals surface area contributed by atoms with Gasteiger partial charge in [-0.05, 0) is 44.4 Å². The molecule has 0 aliphatic heterocycles. The first-order valence-electron chi connectivity index (χ1n) is 6.89. The molecule has 0 aromatic heterocycles. The molecule has 108 valence electrons. The van der Waals surface area contributed by atoms with Crippen LogP contribution < -0.4 is 5.32 Å². The van der Waals surface area contributed by atoms with Crippen molar-refractivity contribution in [3.8, 4) is 0 Å². The molecule has 0 fully saturated rings. The van der Waals surface area contributed by atoms with Crippen molar-refractivity contribution in [2.75, 3.05) is 0 Å². The molecule has 0 saturated carbocycles. The monoisotopic (exact) mass is 299 g/mol. The topological polar surface area (TPSA) is 12.0 Å². The standard InChI is InChI=1S/C16H26ClNS/c1-11(2)12(3)19-15-8-7-13(9-14(15)17)10-18-16(4,5)6/h7-9,11-12,18H,10H2,1-6H3. The van der Waals surface area contributed by atoms with Gasteiger partial charge >= 0.3 is 0 Å². The fourth-order valence-electron chi connectivity index (χ4n) is 1.45. The predicted molar refractivity (Wildman–Crippen MR) is 88.2 cm³/mol. The zero-order valence-electron chi connectivity index (χ0n) is 12.9. The molecule has 1 atom stereocenters.